The molecular formula is C30H14O6. The van der Waals surface area contributed by atoms with Gasteiger partial charge in [0.1, 0.15) is 0 Å². The molecule has 0 aliphatic rings. The topological polar surface area (TPSA) is 102 Å². The van der Waals surface area contributed by atoms with E-state index < -0.39 is 32.6 Å². The Morgan fingerprint density at radius 2 is 0.500 bits per heavy atom. The molecule has 0 radical (unpaired) electrons. The standard InChI is InChI=1S/C30H14O6/c31-25-21-11-9-19(13-23(21)27(33)29(25)35)17-5-1-15(2-6-17)16-3-7-18(8-4-16)20-10-12-22-24(14-20)28(34)30(36)26(22)32/h1-14H. The first-order valence-corrected chi connectivity index (χ1v) is 11.1. The van der Waals surface area contributed by atoms with Crippen molar-refractivity contribution >= 4 is 21.5 Å². The average Bonchev–Trinajstić information content (AvgIpc) is 3.27. The van der Waals surface area contributed by atoms with Crippen LogP contribution in [0, 0.1) is 0 Å². The third-order valence-electron chi connectivity index (χ3n) is 6.61. The Balaban J connectivity index is 1.31. The quantitative estimate of drug-likeness (QED) is 0.369. The van der Waals surface area contributed by atoms with Gasteiger partial charge in [0.05, 0.1) is 0 Å². The van der Waals surface area contributed by atoms with Gasteiger partial charge >= 0.3 is 0 Å². The zero-order valence-corrected chi connectivity index (χ0v) is 18.5. The van der Waals surface area contributed by atoms with Gasteiger partial charge in [0.2, 0.25) is 21.7 Å². The van der Waals surface area contributed by atoms with Gasteiger partial charge in [-0.2, -0.15) is 0 Å². The van der Waals surface area contributed by atoms with Crippen LogP contribution in [0.2, 0.25) is 0 Å². The highest BCUT2D eigenvalue weighted by Gasteiger charge is 2.14. The van der Waals surface area contributed by atoms with E-state index in [2.05, 4.69) is 0 Å². The van der Waals surface area contributed by atoms with Crippen molar-refractivity contribution in [2.24, 2.45) is 0 Å². The number of hydrogen-bond donors (Lipinski definition) is 0. The zero-order valence-electron chi connectivity index (χ0n) is 18.5. The first kappa shape index (κ1) is 21.4. The van der Waals surface area contributed by atoms with E-state index in [0.717, 1.165) is 33.4 Å². The maximum absolute atomic E-state index is 12.0. The fourth-order valence-corrected chi connectivity index (χ4v) is 4.63. The monoisotopic (exact) mass is 470 g/mol. The van der Waals surface area contributed by atoms with Gasteiger partial charge in [0.15, 0.2) is 0 Å². The SMILES string of the molecule is O=c1c(=O)c2ccc(-c3ccc(-c4ccc(-c5ccc6c(=O)c(=O)c(=O)c6c5)cc4)cc3)cc2c1=O. The number of rotatable bonds is 3. The number of benzene rings is 4. The number of fused-ring (bicyclic) bond motifs is 2. The molecule has 0 fully saturated rings. The van der Waals surface area contributed by atoms with E-state index >= 15 is 0 Å². The summed E-state index contributed by atoms with van der Waals surface area (Å²) in [5.74, 6) is 0. The molecule has 170 valence electrons. The predicted octanol–water partition coefficient (Wildman–Crippen LogP) is 2.91. The van der Waals surface area contributed by atoms with Crippen LogP contribution < -0.4 is 32.6 Å². The van der Waals surface area contributed by atoms with Crippen LogP contribution in [0.25, 0.3) is 54.9 Å². The van der Waals surface area contributed by atoms with Crippen molar-refractivity contribution in [3.05, 3.63) is 146 Å². The maximum atomic E-state index is 12.0. The van der Waals surface area contributed by atoms with E-state index in [9.17, 15) is 28.8 Å². The molecule has 0 atom stereocenters. The van der Waals surface area contributed by atoms with Crippen LogP contribution in [0.3, 0.4) is 0 Å². The summed E-state index contributed by atoms with van der Waals surface area (Å²) in [7, 11) is 0. The van der Waals surface area contributed by atoms with Crippen molar-refractivity contribution in [1.29, 1.82) is 0 Å². The van der Waals surface area contributed by atoms with E-state index in [1.807, 2.05) is 48.5 Å². The minimum atomic E-state index is -0.991. The highest BCUT2D eigenvalue weighted by molar-refractivity contribution is 5.89. The summed E-state index contributed by atoms with van der Waals surface area (Å²) >= 11 is 0. The second kappa shape index (κ2) is 7.71. The summed E-state index contributed by atoms with van der Waals surface area (Å²) in [6, 6.07) is 24.9. The van der Waals surface area contributed by atoms with Gasteiger partial charge in [0.25, 0.3) is 10.9 Å². The molecule has 0 aromatic heterocycles. The van der Waals surface area contributed by atoms with Crippen molar-refractivity contribution < 1.29 is 0 Å². The second-order valence-corrected chi connectivity index (χ2v) is 8.65. The van der Waals surface area contributed by atoms with E-state index in [-0.39, 0.29) is 21.5 Å². The Hall–Kier alpha value is -5.10. The lowest BCUT2D eigenvalue weighted by atomic mass is 9.97. The molecular weight excluding hydrogens is 456 g/mol. The highest BCUT2D eigenvalue weighted by Crippen LogP contribution is 2.28. The molecule has 0 aliphatic heterocycles. The van der Waals surface area contributed by atoms with Crippen LogP contribution >= 0.6 is 0 Å². The molecule has 6 aromatic rings. The van der Waals surface area contributed by atoms with E-state index in [4.69, 9.17) is 0 Å². The van der Waals surface area contributed by atoms with Crippen molar-refractivity contribution in [2.45, 2.75) is 0 Å². The van der Waals surface area contributed by atoms with E-state index in [1.165, 1.54) is 12.1 Å². The molecule has 0 bridgehead atoms. The molecule has 0 N–H and O–H groups in total. The van der Waals surface area contributed by atoms with Gasteiger partial charge in [-0.25, -0.2) is 0 Å². The molecule has 0 aliphatic carbocycles. The molecule has 6 nitrogen and oxygen atoms in total. The van der Waals surface area contributed by atoms with E-state index in [1.54, 1.807) is 24.3 Å². The minimum Gasteiger partial charge on any atom is -0.285 e. The summed E-state index contributed by atoms with van der Waals surface area (Å²) in [5, 5.41) is 0.584. The van der Waals surface area contributed by atoms with Crippen LogP contribution in [0.15, 0.2) is 114 Å². The van der Waals surface area contributed by atoms with Crippen LogP contribution in [0.4, 0.5) is 0 Å². The highest BCUT2D eigenvalue weighted by atomic mass is 16.2. The van der Waals surface area contributed by atoms with E-state index in [0.29, 0.717) is 0 Å². The van der Waals surface area contributed by atoms with Gasteiger partial charge in [-0.15, -0.1) is 0 Å². The zero-order chi connectivity index (χ0) is 25.1. The molecule has 0 unspecified atom stereocenters. The molecule has 0 spiro atoms. The van der Waals surface area contributed by atoms with Crippen molar-refractivity contribution in [3.63, 3.8) is 0 Å². The molecule has 0 saturated carbocycles. The summed E-state index contributed by atoms with van der Waals surface area (Å²) < 4.78 is 0. The largest absolute Gasteiger partial charge is 0.285 e. The maximum Gasteiger partial charge on any atom is 0.273 e. The van der Waals surface area contributed by atoms with Gasteiger partial charge in [0, 0.05) is 21.5 Å². The smallest absolute Gasteiger partial charge is 0.273 e. The molecule has 6 aromatic carbocycles. The summed E-state index contributed by atoms with van der Waals surface area (Å²) in [6.45, 7) is 0. The Bertz CT molecular complexity index is 1980. The Labute approximate surface area is 201 Å². The van der Waals surface area contributed by atoms with Crippen molar-refractivity contribution in [3.8, 4) is 33.4 Å². The summed E-state index contributed by atoms with van der Waals surface area (Å²) in [6.07, 6.45) is 0. The normalized spacial score (nSPS) is 11.4. The Morgan fingerprint density at radius 3 is 0.833 bits per heavy atom. The van der Waals surface area contributed by atoms with Gasteiger partial charge < -0.3 is 0 Å². The molecule has 36 heavy (non-hydrogen) atoms. The third-order valence-corrected chi connectivity index (χ3v) is 6.61. The fraction of sp³-hybridized carbons (Fsp3) is 0. The second-order valence-electron chi connectivity index (χ2n) is 8.65. The molecule has 6 rings (SSSR count). The fourth-order valence-electron chi connectivity index (χ4n) is 4.63. The first-order chi connectivity index (χ1) is 17.3. The molecule has 6 heteroatoms. The third kappa shape index (κ3) is 3.12. The van der Waals surface area contributed by atoms with Gasteiger partial charge in [-0.05, 0) is 57.6 Å². The Morgan fingerprint density at radius 1 is 0.250 bits per heavy atom. The lowest BCUT2D eigenvalue weighted by molar-refractivity contribution is 1.55. The number of hydrogen-bond acceptors (Lipinski definition) is 6. The minimum absolute atomic E-state index is 0.143. The summed E-state index contributed by atoms with van der Waals surface area (Å²) in [5.41, 5.74) is 0.0189. The lowest BCUT2D eigenvalue weighted by Crippen LogP contribution is -2.29. The molecule has 0 heterocycles. The summed E-state index contributed by atoms with van der Waals surface area (Å²) in [4.78, 5) is 71.1. The predicted molar refractivity (Wildman–Crippen MR) is 140 cm³/mol. The average molecular weight is 470 g/mol. The van der Waals surface area contributed by atoms with Crippen LogP contribution in [-0.2, 0) is 0 Å². The van der Waals surface area contributed by atoms with Crippen LogP contribution in [0.1, 0.15) is 0 Å². The van der Waals surface area contributed by atoms with Gasteiger partial charge in [-0.1, -0.05) is 60.7 Å². The molecule has 0 saturated heterocycles. The van der Waals surface area contributed by atoms with Crippen LogP contribution in [-0.4, -0.2) is 0 Å². The van der Waals surface area contributed by atoms with Crippen LogP contribution in [0.5, 0.6) is 0 Å². The van der Waals surface area contributed by atoms with Crippen molar-refractivity contribution in [2.75, 3.05) is 0 Å². The van der Waals surface area contributed by atoms with Crippen molar-refractivity contribution in [1.82, 2.24) is 0 Å². The van der Waals surface area contributed by atoms with Gasteiger partial charge in [-0.3, -0.25) is 28.8 Å². The Kier molecular flexibility index (Phi) is 4.59. The first-order valence-electron chi connectivity index (χ1n) is 11.1. The molecule has 0 amide bonds. The lowest BCUT2D eigenvalue weighted by Gasteiger charge is -2.07.